The molecule has 7 nitrogen and oxygen atoms in total. The average Bonchev–Trinajstić information content (AvgIpc) is 3.03. The maximum absolute atomic E-state index is 12.7. The van der Waals surface area contributed by atoms with Crippen molar-refractivity contribution in [2.24, 2.45) is 0 Å². The summed E-state index contributed by atoms with van der Waals surface area (Å²) >= 11 is 0. The molecule has 1 N–H and O–H groups in total. The van der Waals surface area contributed by atoms with E-state index in [9.17, 15) is 4.79 Å². The molecule has 1 amide bonds. The molecule has 0 spiro atoms. The van der Waals surface area contributed by atoms with Gasteiger partial charge in [0.1, 0.15) is 0 Å². The maximum Gasteiger partial charge on any atom is 0.263 e. The van der Waals surface area contributed by atoms with Gasteiger partial charge in [-0.3, -0.25) is 9.69 Å². The summed E-state index contributed by atoms with van der Waals surface area (Å²) in [5.74, 6) is 0.250. The van der Waals surface area contributed by atoms with Gasteiger partial charge in [-0.2, -0.15) is 0 Å². The number of imidazole rings is 1. The van der Waals surface area contributed by atoms with E-state index in [1.54, 1.807) is 29.7 Å². The van der Waals surface area contributed by atoms with Crippen molar-refractivity contribution in [1.29, 1.82) is 0 Å². The van der Waals surface area contributed by atoms with Gasteiger partial charge in [0.05, 0.1) is 30.5 Å². The van der Waals surface area contributed by atoms with Crippen LogP contribution in [0, 0.1) is 0 Å². The largest absolute Gasteiger partial charge is 0.362 e. The van der Waals surface area contributed by atoms with Crippen LogP contribution in [-0.4, -0.2) is 39.0 Å². The normalized spacial score (nSPS) is 18.8. The van der Waals surface area contributed by atoms with Crippen LogP contribution in [0.1, 0.15) is 11.7 Å². The predicted molar refractivity (Wildman–Crippen MR) is 79.2 cm³/mol. The zero-order valence-corrected chi connectivity index (χ0v) is 11.6. The van der Waals surface area contributed by atoms with Crippen LogP contribution in [0.5, 0.6) is 0 Å². The van der Waals surface area contributed by atoms with Crippen molar-refractivity contribution in [3.05, 3.63) is 48.5 Å². The van der Waals surface area contributed by atoms with E-state index < -0.39 is 6.10 Å². The third-order valence-electron chi connectivity index (χ3n) is 3.63. The highest BCUT2D eigenvalue weighted by Crippen LogP contribution is 2.27. The molecule has 22 heavy (non-hydrogen) atoms. The molecule has 1 aliphatic rings. The minimum Gasteiger partial charge on any atom is -0.362 e. The quantitative estimate of drug-likeness (QED) is 0.773. The molecular formula is C15H13N5O2. The van der Waals surface area contributed by atoms with Gasteiger partial charge < -0.3 is 9.72 Å². The fourth-order valence-electron chi connectivity index (χ4n) is 2.57. The smallest absolute Gasteiger partial charge is 0.263 e. The number of morpholine rings is 1. The second kappa shape index (κ2) is 5.19. The van der Waals surface area contributed by atoms with Crippen molar-refractivity contribution < 1.29 is 9.53 Å². The molecule has 1 unspecified atom stereocenters. The molecule has 0 saturated carbocycles. The van der Waals surface area contributed by atoms with Crippen LogP contribution in [0.2, 0.25) is 0 Å². The lowest BCUT2D eigenvalue weighted by atomic mass is 10.1. The lowest BCUT2D eigenvalue weighted by Crippen LogP contribution is -2.44. The van der Waals surface area contributed by atoms with Crippen LogP contribution < -0.4 is 4.90 Å². The van der Waals surface area contributed by atoms with Gasteiger partial charge in [-0.05, 0) is 23.8 Å². The van der Waals surface area contributed by atoms with Gasteiger partial charge in [0.25, 0.3) is 5.91 Å². The van der Waals surface area contributed by atoms with Crippen molar-refractivity contribution >= 4 is 22.9 Å². The van der Waals surface area contributed by atoms with E-state index in [2.05, 4.69) is 19.9 Å². The fraction of sp³-hybridized carbons (Fsp3) is 0.200. The van der Waals surface area contributed by atoms with Crippen LogP contribution in [0.15, 0.2) is 43.0 Å². The molecule has 1 aromatic carbocycles. The highest BCUT2D eigenvalue weighted by molar-refractivity contribution is 5.96. The lowest BCUT2D eigenvalue weighted by Gasteiger charge is -2.31. The number of nitrogens with one attached hydrogen (secondary N) is 1. The third-order valence-corrected chi connectivity index (χ3v) is 3.63. The molecule has 1 saturated heterocycles. The Morgan fingerprint density at radius 2 is 2.09 bits per heavy atom. The van der Waals surface area contributed by atoms with Gasteiger partial charge in [-0.25, -0.2) is 15.0 Å². The molecule has 110 valence electrons. The molecule has 1 fully saturated rings. The molecule has 2 aromatic heterocycles. The number of anilines is 1. The molecule has 0 aliphatic carbocycles. The summed E-state index contributed by atoms with van der Waals surface area (Å²) in [6.07, 6.45) is 4.22. The Labute approximate surface area is 126 Å². The second-order valence-electron chi connectivity index (χ2n) is 4.97. The van der Waals surface area contributed by atoms with E-state index in [0.29, 0.717) is 19.1 Å². The first-order valence-electron chi connectivity index (χ1n) is 6.96. The predicted octanol–water partition coefficient (Wildman–Crippen LogP) is 1.46. The summed E-state index contributed by atoms with van der Waals surface area (Å²) in [6, 6.07) is 7.34. The maximum atomic E-state index is 12.7. The van der Waals surface area contributed by atoms with Gasteiger partial charge in [0, 0.05) is 12.4 Å². The van der Waals surface area contributed by atoms with E-state index >= 15 is 0 Å². The van der Waals surface area contributed by atoms with E-state index in [1.807, 2.05) is 18.2 Å². The summed E-state index contributed by atoms with van der Waals surface area (Å²) in [6.45, 7) is 0.890. The number of benzene rings is 1. The molecule has 7 heteroatoms. The van der Waals surface area contributed by atoms with Crippen molar-refractivity contribution in [2.75, 3.05) is 18.1 Å². The summed E-state index contributed by atoms with van der Waals surface area (Å²) < 4.78 is 5.67. The Hall–Kier alpha value is -2.80. The first-order valence-corrected chi connectivity index (χ1v) is 6.96. The van der Waals surface area contributed by atoms with Crippen LogP contribution in [0.4, 0.5) is 5.95 Å². The van der Waals surface area contributed by atoms with E-state index in [0.717, 1.165) is 16.6 Å². The number of aromatic nitrogens is 4. The monoisotopic (exact) mass is 295 g/mol. The van der Waals surface area contributed by atoms with Crippen molar-refractivity contribution in [3.63, 3.8) is 0 Å². The number of amides is 1. The lowest BCUT2D eigenvalue weighted by molar-refractivity contribution is -0.134. The number of carbonyl (C=O) groups is 1. The summed E-state index contributed by atoms with van der Waals surface area (Å²) in [4.78, 5) is 29.8. The van der Waals surface area contributed by atoms with Crippen molar-refractivity contribution in [2.45, 2.75) is 6.10 Å². The fourth-order valence-corrected chi connectivity index (χ4v) is 2.57. The van der Waals surface area contributed by atoms with Gasteiger partial charge in [0.15, 0.2) is 6.10 Å². The van der Waals surface area contributed by atoms with E-state index in [4.69, 9.17) is 4.74 Å². The number of hydrogen-bond donors (Lipinski definition) is 1. The van der Waals surface area contributed by atoms with Crippen LogP contribution in [-0.2, 0) is 9.53 Å². The highest BCUT2D eigenvalue weighted by atomic mass is 16.5. The number of carbonyl (C=O) groups excluding carboxylic acids is 1. The third kappa shape index (κ3) is 2.11. The first-order chi connectivity index (χ1) is 10.8. The molecule has 1 atom stereocenters. The average molecular weight is 295 g/mol. The minimum atomic E-state index is -0.648. The van der Waals surface area contributed by atoms with Crippen molar-refractivity contribution in [3.8, 4) is 0 Å². The Bertz CT molecular complexity index is 817. The zero-order chi connectivity index (χ0) is 14.9. The Balaban J connectivity index is 1.68. The Morgan fingerprint density at radius 1 is 1.23 bits per heavy atom. The Kier molecular flexibility index (Phi) is 3.05. The number of ether oxygens (including phenoxy) is 1. The van der Waals surface area contributed by atoms with Crippen LogP contribution in [0.25, 0.3) is 11.0 Å². The summed E-state index contributed by atoms with van der Waals surface area (Å²) in [5, 5.41) is 0. The molecular weight excluding hydrogens is 282 g/mol. The Morgan fingerprint density at radius 3 is 2.95 bits per heavy atom. The second-order valence-corrected chi connectivity index (χ2v) is 4.97. The number of hydrogen-bond acceptors (Lipinski definition) is 5. The first kappa shape index (κ1) is 12.9. The molecule has 3 aromatic rings. The van der Waals surface area contributed by atoms with Gasteiger partial charge in [-0.15, -0.1) is 0 Å². The molecule has 0 bridgehead atoms. The molecule has 4 rings (SSSR count). The van der Waals surface area contributed by atoms with Gasteiger partial charge >= 0.3 is 0 Å². The summed E-state index contributed by atoms with van der Waals surface area (Å²) in [7, 11) is 0. The van der Waals surface area contributed by atoms with Crippen molar-refractivity contribution in [1.82, 2.24) is 19.9 Å². The standard InChI is InChI=1S/C15H13N5O2/c21-14-13(10-2-3-11-12(8-10)19-9-18-11)22-7-6-20(14)15-16-4-1-5-17-15/h1-5,8-9,13H,6-7H2,(H,18,19). The minimum absolute atomic E-state index is 0.156. The van der Waals surface area contributed by atoms with E-state index in [1.165, 1.54) is 0 Å². The number of H-pyrrole nitrogens is 1. The number of nitrogens with zero attached hydrogens (tertiary/aromatic N) is 4. The number of aromatic amines is 1. The molecule has 3 heterocycles. The van der Waals surface area contributed by atoms with E-state index in [-0.39, 0.29) is 5.91 Å². The summed E-state index contributed by atoms with van der Waals surface area (Å²) in [5.41, 5.74) is 2.53. The number of rotatable bonds is 2. The van der Waals surface area contributed by atoms with Crippen LogP contribution in [0.3, 0.4) is 0 Å². The molecule has 0 radical (unpaired) electrons. The highest BCUT2D eigenvalue weighted by Gasteiger charge is 2.33. The molecule has 1 aliphatic heterocycles. The van der Waals surface area contributed by atoms with Gasteiger partial charge in [-0.1, -0.05) is 6.07 Å². The number of fused-ring (bicyclic) bond motifs is 1. The topological polar surface area (TPSA) is 84.0 Å². The van der Waals surface area contributed by atoms with Gasteiger partial charge in [0.2, 0.25) is 5.95 Å². The van der Waals surface area contributed by atoms with Crippen LogP contribution >= 0.6 is 0 Å². The zero-order valence-electron chi connectivity index (χ0n) is 11.6. The SMILES string of the molecule is O=C1C(c2ccc3nc[nH]c3c2)OCCN1c1ncccn1.